The summed E-state index contributed by atoms with van der Waals surface area (Å²) in [7, 11) is 1.95. The van der Waals surface area contributed by atoms with Crippen molar-refractivity contribution in [1.82, 2.24) is 4.90 Å². The Morgan fingerprint density at radius 3 is 2.46 bits per heavy atom. The van der Waals surface area contributed by atoms with Gasteiger partial charge in [0.2, 0.25) is 0 Å². The highest BCUT2D eigenvalue weighted by Gasteiger charge is 2.29. The molecule has 1 rings (SSSR count). The second-order valence-corrected chi connectivity index (χ2v) is 7.32. The first-order valence-corrected chi connectivity index (χ1v) is 10.1. The van der Waals surface area contributed by atoms with Crippen molar-refractivity contribution in [3.8, 4) is 5.75 Å². The van der Waals surface area contributed by atoms with Gasteiger partial charge in [0.15, 0.2) is 0 Å². The average molecular weight is 390 g/mol. The second-order valence-electron chi connectivity index (χ2n) is 7.32. The van der Waals surface area contributed by atoms with Gasteiger partial charge in [-0.25, -0.2) is 0 Å². The van der Waals surface area contributed by atoms with Crippen molar-refractivity contribution in [3.05, 3.63) is 42.5 Å². The molecular weight excluding hydrogens is 354 g/mol. The highest BCUT2D eigenvalue weighted by atomic mass is 16.5. The molecule has 28 heavy (non-hydrogen) atoms. The lowest BCUT2D eigenvalue weighted by Crippen LogP contribution is -2.43. The van der Waals surface area contributed by atoms with Gasteiger partial charge >= 0.3 is 5.97 Å². The lowest BCUT2D eigenvalue weighted by molar-refractivity contribution is -0.150. The predicted octanol–water partition coefficient (Wildman–Crippen LogP) is 4.40. The lowest BCUT2D eigenvalue weighted by Gasteiger charge is -2.30. The third-order valence-corrected chi connectivity index (χ3v) is 4.79. The predicted molar refractivity (Wildman–Crippen MR) is 112 cm³/mol. The third kappa shape index (κ3) is 8.70. The van der Waals surface area contributed by atoms with E-state index in [1.165, 1.54) is 0 Å². The summed E-state index contributed by atoms with van der Waals surface area (Å²) in [5, 5.41) is 0. The summed E-state index contributed by atoms with van der Waals surface area (Å²) in [6.45, 7) is 10.9. The van der Waals surface area contributed by atoms with Gasteiger partial charge < -0.3 is 14.3 Å². The third-order valence-electron chi connectivity index (χ3n) is 4.79. The van der Waals surface area contributed by atoms with E-state index < -0.39 is 0 Å². The Bertz CT molecular complexity index is 612. The molecule has 0 aliphatic rings. The first-order chi connectivity index (χ1) is 13.4. The van der Waals surface area contributed by atoms with E-state index in [4.69, 9.17) is 9.47 Å². The van der Waals surface area contributed by atoms with Crippen LogP contribution in [0, 0.1) is 5.92 Å². The monoisotopic (exact) mass is 389 g/mol. The minimum Gasteiger partial charge on any atom is -0.494 e. The van der Waals surface area contributed by atoms with Gasteiger partial charge in [-0.15, -0.1) is 0 Å². The van der Waals surface area contributed by atoms with Gasteiger partial charge in [0.25, 0.3) is 0 Å². The number of likely N-dealkylation sites (N-methyl/N-ethyl adjacent to an activating group) is 1. The fourth-order valence-corrected chi connectivity index (χ4v) is 3.04. The number of hydrogen-bond acceptors (Lipinski definition) is 5. The first-order valence-electron chi connectivity index (χ1n) is 10.1. The fraction of sp³-hybridized carbons (Fsp3) is 0.565. The van der Waals surface area contributed by atoms with E-state index >= 15 is 0 Å². The zero-order valence-electron chi connectivity index (χ0n) is 17.8. The number of benzene rings is 1. The Hall–Kier alpha value is -2.14. The molecule has 0 aliphatic heterocycles. The summed E-state index contributed by atoms with van der Waals surface area (Å²) in [5.74, 6) is 1.03. The largest absolute Gasteiger partial charge is 0.494 e. The van der Waals surface area contributed by atoms with Gasteiger partial charge in [-0.3, -0.25) is 9.69 Å². The van der Waals surface area contributed by atoms with Gasteiger partial charge in [-0.05, 0) is 50.4 Å². The van der Waals surface area contributed by atoms with Crippen LogP contribution in [0.3, 0.4) is 0 Å². The number of ether oxygens (including phenoxy) is 2. The Labute approximate surface area is 169 Å². The standard InChI is InChI=1S/C23H35NO4/c1-6-15-28-23(26)22(18(3)7-2)24(5)17-20-11-13-21(14-12-20)27-16-9-8-10-19(4)25/h6,11-14,18,22H,1,7-10,15-17H2,2-5H3/t18?,22-/m0/s1. The quantitative estimate of drug-likeness (QED) is 0.268. The highest BCUT2D eigenvalue weighted by Crippen LogP contribution is 2.19. The molecular formula is C23H35NO4. The van der Waals surface area contributed by atoms with Crippen LogP contribution in [-0.2, 0) is 20.9 Å². The van der Waals surface area contributed by atoms with Gasteiger partial charge in [0.1, 0.15) is 24.2 Å². The van der Waals surface area contributed by atoms with E-state index in [9.17, 15) is 9.59 Å². The smallest absolute Gasteiger partial charge is 0.323 e. The van der Waals surface area contributed by atoms with E-state index in [0.29, 0.717) is 19.6 Å². The molecule has 0 radical (unpaired) electrons. The molecule has 0 spiro atoms. The Kier molecular flexibility index (Phi) is 11.2. The molecule has 5 nitrogen and oxygen atoms in total. The molecule has 156 valence electrons. The van der Waals surface area contributed by atoms with Crippen molar-refractivity contribution < 1.29 is 19.1 Å². The van der Waals surface area contributed by atoms with Crippen LogP contribution in [-0.4, -0.2) is 43.0 Å². The van der Waals surface area contributed by atoms with Gasteiger partial charge in [0, 0.05) is 13.0 Å². The molecule has 0 bridgehead atoms. The summed E-state index contributed by atoms with van der Waals surface area (Å²) >= 11 is 0. The molecule has 0 aromatic heterocycles. The second kappa shape index (κ2) is 13.1. The van der Waals surface area contributed by atoms with Crippen LogP contribution in [0.15, 0.2) is 36.9 Å². The average Bonchev–Trinajstić information content (AvgIpc) is 2.67. The maximum Gasteiger partial charge on any atom is 0.323 e. The molecule has 0 amide bonds. The lowest BCUT2D eigenvalue weighted by atomic mass is 9.97. The van der Waals surface area contributed by atoms with Crippen molar-refractivity contribution in [3.63, 3.8) is 0 Å². The number of Topliss-reactive ketones (excluding diaryl/α,β-unsaturated/α-hetero) is 1. The van der Waals surface area contributed by atoms with E-state index in [2.05, 4.69) is 20.4 Å². The topological polar surface area (TPSA) is 55.8 Å². The maximum atomic E-state index is 12.4. The SMILES string of the molecule is C=CCOC(=O)[C@H](C(C)CC)N(C)Cc1ccc(OCCCCC(C)=O)cc1. The van der Waals surface area contributed by atoms with Crippen molar-refractivity contribution >= 4 is 11.8 Å². The number of nitrogens with zero attached hydrogens (tertiary/aromatic N) is 1. The number of carbonyl (C=O) groups excluding carboxylic acids is 2. The van der Waals surface area contributed by atoms with Crippen molar-refractivity contribution in [2.75, 3.05) is 20.3 Å². The molecule has 0 heterocycles. The molecule has 1 unspecified atom stereocenters. The Morgan fingerprint density at radius 1 is 1.21 bits per heavy atom. The maximum absolute atomic E-state index is 12.4. The van der Waals surface area contributed by atoms with E-state index in [1.54, 1.807) is 13.0 Å². The molecule has 0 aliphatic carbocycles. The van der Waals surface area contributed by atoms with E-state index in [1.807, 2.05) is 36.2 Å². The zero-order chi connectivity index (χ0) is 20.9. The number of rotatable bonds is 14. The summed E-state index contributed by atoms with van der Waals surface area (Å²) in [5.41, 5.74) is 1.11. The first kappa shape index (κ1) is 23.9. The Morgan fingerprint density at radius 2 is 1.89 bits per heavy atom. The number of unbranched alkanes of at least 4 members (excludes halogenated alkanes) is 1. The van der Waals surface area contributed by atoms with Crippen molar-refractivity contribution in [2.24, 2.45) is 5.92 Å². The van der Waals surface area contributed by atoms with Crippen LogP contribution in [0.1, 0.15) is 52.0 Å². The van der Waals surface area contributed by atoms with Crippen LogP contribution in [0.25, 0.3) is 0 Å². The molecule has 1 aromatic carbocycles. The van der Waals surface area contributed by atoms with Gasteiger partial charge in [-0.2, -0.15) is 0 Å². The molecule has 0 saturated heterocycles. The van der Waals surface area contributed by atoms with E-state index in [0.717, 1.165) is 30.6 Å². The van der Waals surface area contributed by atoms with Gasteiger partial charge in [-0.1, -0.05) is 45.1 Å². The minimum atomic E-state index is -0.290. The van der Waals surface area contributed by atoms with Gasteiger partial charge in [0.05, 0.1) is 6.61 Å². The van der Waals surface area contributed by atoms with Crippen molar-refractivity contribution in [2.45, 2.75) is 59.0 Å². The molecule has 0 saturated carbocycles. The number of carbonyl (C=O) groups is 2. The van der Waals surface area contributed by atoms with Crippen LogP contribution in [0.4, 0.5) is 0 Å². The Balaban J connectivity index is 2.58. The van der Waals surface area contributed by atoms with Crippen LogP contribution in [0.5, 0.6) is 5.75 Å². The number of ketones is 1. The van der Waals surface area contributed by atoms with Crippen LogP contribution >= 0.6 is 0 Å². The highest BCUT2D eigenvalue weighted by molar-refractivity contribution is 5.76. The minimum absolute atomic E-state index is 0.194. The molecule has 0 fully saturated rings. The fourth-order valence-electron chi connectivity index (χ4n) is 3.04. The van der Waals surface area contributed by atoms with E-state index in [-0.39, 0.29) is 30.3 Å². The summed E-state index contributed by atoms with van der Waals surface area (Å²) in [6.07, 6.45) is 4.82. The summed E-state index contributed by atoms with van der Waals surface area (Å²) in [4.78, 5) is 25.4. The summed E-state index contributed by atoms with van der Waals surface area (Å²) in [6, 6.07) is 7.64. The number of hydrogen-bond donors (Lipinski definition) is 0. The number of esters is 1. The molecule has 0 N–H and O–H groups in total. The zero-order valence-corrected chi connectivity index (χ0v) is 17.8. The van der Waals surface area contributed by atoms with Crippen LogP contribution < -0.4 is 4.74 Å². The molecule has 2 atom stereocenters. The van der Waals surface area contributed by atoms with Crippen LogP contribution in [0.2, 0.25) is 0 Å². The summed E-state index contributed by atoms with van der Waals surface area (Å²) < 4.78 is 11.0. The van der Waals surface area contributed by atoms with Crippen molar-refractivity contribution in [1.29, 1.82) is 0 Å². The molecule has 1 aromatic rings. The molecule has 5 heteroatoms. The normalized spacial score (nSPS) is 13.0.